The first kappa shape index (κ1) is 32.3. The molecule has 244 valence electrons. The second-order valence-electron chi connectivity index (χ2n) is 13.1. The Labute approximate surface area is 272 Å². The molecule has 2 N–H and O–H groups in total. The zero-order chi connectivity index (χ0) is 32.6. The van der Waals surface area contributed by atoms with Gasteiger partial charge in [0.25, 0.3) is 0 Å². The van der Waals surface area contributed by atoms with E-state index in [1.807, 2.05) is 6.92 Å². The van der Waals surface area contributed by atoms with Crippen molar-refractivity contribution >= 4 is 38.3 Å². The summed E-state index contributed by atoms with van der Waals surface area (Å²) in [5.41, 5.74) is 5.44. The lowest BCUT2D eigenvalue weighted by molar-refractivity contribution is -0.126. The maximum atomic E-state index is 13.1. The molecular weight excluding hydrogens is 607 g/mol. The van der Waals surface area contributed by atoms with E-state index in [1.165, 1.54) is 11.1 Å². The lowest BCUT2D eigenvalue weighted by atomic mass is 9.86. The van der Waals surface area contributed by atoms with Crippen molar-refractivity contribution in [1.29, 1.82) is 5.26 Å². The molecule has 46 heavy (non-hydrogen) atoms. The number of hydrogen-bond acceptors (Lipinski definition) is 7. The molecular formula is C35H42F3N7S. The van der Waals surface area contributed by atoms with Gasteiger partial charge in [-0.05, 0) is 73.8 Å². The van der Waals surface area contributed by atoms with E-state index in [2.05, 4.69) is 74.8 Å². The average molecular weight is 650 g/mol. The van der Waals surface area contributed by atoms with E-state index in [0.29, 0.717) is 45.8 Å². The Morgan fingerprint density at radius 2 is 1.96 bits per heavy atom. The second kappa shape index (κ2) is 13.2. The number of nitrogens with zero attached hydrogens (tertiary/aromatic N) is 5. The maximum absolute atomic E-state index is 13.1. The highest BCUT2D eigenvalue weighted by Crippen LogP contribution is 2.35. The fourth-order valence-electron chi connectivity index (χ4n) is 6.97. The Morgan fingerprint density at radius 3 is 2.63 bits per heavy atom. The Bertz CT molecular complexity index is 1760. The van der Waals surface area contributed by atoms with Gasteiger partial charge in [-0.25, -0.2) is 9.97 Å². The first-order chi connectivity index (χ1) is 22.0. The Kier molecular flexibility index (Phi) is 9.31. The molecule has 0 amide bonds. The minimum Gasteiger partial charge on any atom is -0.389 e. The predicted octanol–water partition coefficient (Wildman–Crippen LogP) is 7.72. The summed E-state index contributed by atoms with van der Waals surface area (Å²) in [5, 5.41) is 18.8. The molecule has 2 aliphatic heterocycles. The van der Waals surface area contributed by atoms with E-state index >= 15 is 0 Å². The molecule has 2 aliphatic rings. The molecule has 6 rings (SSSR count). The minimum absolute atomic E-state index is 0.181. The molecule has 7 nitrogen and oxygen atoms in total. The number of rotatable bonds is 9. The molecule has 4 aromatic rings. The number of aryl methyl sites for hydroxylation is 2. The quantitative estimate of drug-likeness (QED) is 0.193. The first-order valence-electron chi connectivity index (χ1n) is 16.3. The minimum atomic E-state index is -4.26. The second-order valence-corrected chi connectivity index (χ2v) is 14.2. The van der Waals surface area contributed by atoms with Gasteiger partial charge in [-0.2, -0.15) is 18.4 Å². The SMILES string of the molecule is C=C1CCC([C@@H](C)Cn2c(C#N)cc3c(C)c(CN4CCC(Nc5nc(CC)nc6sc(CC(F)(F)F)cc56)CC4)ccc32)CN1. The van der Waals surface area contributed by atoms with Crippen LogP contribution in [0, 0.1) is 30.1 Å². The number of fused-ring (bicyclic) bond motifs is 2. The number of halogens is 3. The van der Waals surface area contributed by atoms with Crippen LogP contribution in [0.5, 0.6) is 0 Å². The maximum Gasteiger partial charge on any atom is 0.393 e. The van der Waals surface area contributed by atoms with Crippen LogP contribution in [0.3, 0.4) is 0 Å². The number of nitriles is 1. The van der Waals surface area contributed by atoms with Crippen LogP contribution in [0.4, 0.5) is 19.0 Å². The Morgan fingerprint density at radius 1 is 1.17 bits per heavy atom. The van der Waals surface area contributed by atoms with Gasteiger partial charge in [-0.15, -0.1) is 11.3 Å². The summed E-state index contributed by atoms with van der Waals surface area (Å²) in [4.78, 5) is 12.5. The lowest BCUT2D eigenvalue weighted by Crippen LogP contribution is -2.39. The van der Waals surface area contributed by atoms with E-state index in [4.69, 9.17) is 0 Å². The number of alkyl halides is 3. The van der Waals surface area contributed by atoms with Crippen molar-refractivity contribution < 1.29 is 13.2 Å². The van der Waals surface area contributed by atoms with Gasteiger partial charge in [-0.3, -0.25) is 4.90 Å². The number of allylic oxidation sites excluding steroid dienone is 1. The summed E-state index contributed by atoms with van der Waals surface area (Å²) in [6.45, 7) is 14.9. The van der Waals surface area contributed by atoms with Crippen LogP contribution in [0.2, 0.25) is 0 Å². The number of anilines is 1. The van der Waals surface area contributed by atoms with Crippen molar-refractivity contribution in [2.45, 2.75) is 84.6 Å². The van der Waals surface area contributed by atoms with Crippen molar-refractivity contribution in [2.24, 2.45) is 11.8 Å². The molecule has 11 heteroatoms. The third-order valence-corrected chi connectivity index (χ3v) is 10.8. The fourth-order valence-corrected chi connectivity index (χ4v) is 8.05. The van der Waals surface area contributed by atoms with Gasteiger partial charge in [0, 0.05) is 66.7 Å². The first-order valence-corrected chi connectivity index (χ1v) is 17.1. The number of hydrogen-bond donors (Lipinski definition) is 2. The molecule has 0 spiro atoms. The zero-order valence-corrected chi connectivity index (χ0v) is 27.6. The molecule has 3 aromatic heterocycles. The summed E-state index contributed by atoms with van der Waals surface area (Å²) in [6, 6.07) is 10.7. The molecule has 0 saturated carbocycles. The average Bonchev–Trinajstić information content (AvgIpc) is 3.59. The van der Waals surface area contributed by atoms with Crippen molar-refractivity contribution in [3.8, 4) is 6.07 Å². The van der Waals surface area contributed by atoms with Gasteiger partial charge in [0.15, 0.2) is 0 Å². The number of piperidine rings is 2. The smallest absolute Gasteiger partial charge is 0.389 e. The number of thiophene rings is 1. The van der Waals surface area contributed by atoms with Crippen LogP contribution in [0.15, 0.2) is 36.5 Å². The third kappa shape index (κ3) is 7.03. The van der Waals surface area contributed by atoms with Crippen LogP contribution in [-0.2, 0) is 25.9 Å². The highest BCUT2D eigenvalue weighted by atomic mass is 32.1. The largest absolute Gasteiger partial charge is 0.393 e. The molecule has 2 atom stereocenters. The molecule has 2 saturated heterocycles. The molecule has 1 aromatic carbocycles. The van der Waals surface area contributed by atoms with E-state index < -0.39 is 12.6 Å². The number of benzene rings is 1. The topological polar surface area (TPSA) is 81.8 Å². The van der Waals surface area contributed by atoms with Crippen LogP contribution in [0.1, 0.15) is 67.1 Å². The zero-order valence-electron chi connectivity index (χ0n) is 26.8. The predicted molar refractivity (Wildman–Crippen MR) is 179 cm³/mol. The van der Waals surface area contributed by atoms with Crippen molar-refractivity contribution in [3.63, 3.8) is 0 Å². The Hall–Kier alpha value is -3.62. The van der Waals surface area contributed by atoms with Gasteiger partial charge in [0.1, 0.15) is 28.2 Å². The van der Waals surface area contributed by atoms with Gasteiger partial charge < -0.3 is 15.2 Å². The van der Waals surface area contributed by atoms with Gasteiger partial charge in [0.05, 0.1) is 11.8 Å². The van der Waals surface area contributed by atoms with Gasteiger partial charge in [-0.1, -0.05) is 26.5 Å². The van der Waals surface area contributed by atoms with Crippen LogP contribution >= 0.6 is 11.3 Å². The molecule has 1 unspecified atom stereocenters. The summed E-state index contributed by atoms with van der Waals surface area (Å²) >= 11 is 1.10. The fraction of sp³-hybridized carbons (Fsp3) is 0.514. The van der Waals surface area contributed by atoms with E-state index in [0.717, 1.165) is 86.3 Å². The lowest BCUT2D eigenvalue weighted by Gasteiger charge is -2.33. The van der Waals surface area contributed by atoms with Crippen LogP contribution < -0.4 is 10.6 Å². The molecule has 5 heterocycles. The number of aromatic nitrogens is 3. The van der Waals surface area contributed by atoms with Crippen LogP contribution in [-0.4, -0.2) is 51.3 Å². The monoisotopic (exact) mass is 649 g/mol. The van der Waals surface area contributed by atoms with E-state index in [1.54, 1.807) is 6.07 Å². The Balaban J connectivity index is 1.11. The highest BCUT2D eigenvalue weighted by Gasteiger charge is 2.30. The van der Waals surface area contributed by atoms with Crippen LogP contribution in [0.25, 0.3) is 21.1 Å². The highest BCUT2D eigenvalue weighted by molar-refractivity contribution is 7.18. The van der Waals surface area contributed by atoms with Gasteiger partial charge in [0.2, 0.25) is 0 Å². The third-order valence-electron chi connectivity index (χ3n) is 9.79. The van der Waals surface area contributed by atoms with E-state index in [9.17, 15) is 18.4 Å². The van der Waals surface area contributed by atoms with Crippen molar-refractivity contribution in [2.75, 3.05) is 25.0 Å². The molecule has 0 bridgehead atoms. The van der Waals surface area contributed by atoms with Gasteiger partial charge >= 0.3 is 6.18 Å². The molecule has 0 radical (unpaired) electrons. The van der Waals surface area contributed by atoms with E-state index in [-0.39, 0.29) is 10.9 Å². The summed E-state index contributed by atoms with van der Waals surface area (Å²) in [7, 11) is 0. The van der Waals surface area contributed by atoms with Crippen molar-refractivity contribution in [1.82, 2.24) is 24.8 Å². The summed E-state index contributed by atoms with van der Waals surface area (Å²) < 4.78 is 41.4. The summed E-state index contributed by atoms with van der Waals surface area (Å²) in [6.07, 6.45) is -0.638. The number of nitrogens with one attached hydrogen (secondary N) is 2. The summed E-state index contributed by atoms with van der Waals surface area (Å²) in [5.74, 6) is 2.27. The number of likely N-dealkylation sites (tertiary alicyclic amines) is 1. The standard InChI is InChI=1S/C35H42F3N7S/c1-5-32-42-33(30-15-28(16-35(36,37)38)46-34(30)43-32)41-26-10-12-44(13-11-26)20-25-8-9-31-29(23(25)4)14-27(17-39)45(31)19-21(2)24-7-6-22(3)40-18-24/h8-9,14-15,21,24,26,40H,3,5-7,10-13,16,18-20H2,1-2,4H3,(H,41,42,43)/t21-,24?/m0/s1. The normalized spacial score (nSPS) is 19.0. The molecule has 0 aliphatic carbocycles. The van der Waals surface area contributed by atoms with Crippen molar-refractivity contribution in [3.05, 3.63) is 64.1 Å². The molecule has 2 fully saturated rings.